The molecule has 0 radical (unpaired) electrons. The molecule has 290 valence electrons. The van der Waals surface area contributed by atoms with Crippen LogP contribution in [-0.4, -0.2) is 108 Å². The van der Waals surface area contributed by atoms with Crippen LogP contribution >= 0.6 is 0 Å². The molecular formula is C41H44N8O6S. The van der Waals surface area contributed by atoms with Gasteiger partial charge in [0.1, 0.15) is 30.3 Å². The van der Waals surface area contributed by atoms with Crippen molar-refractivity contribution in [2.75, 3.05) is 24.4 Å². The molecule has 9 rings (SSSR count). The number of carbonyl (C=O) groups excluding carboxylic acids is 4. The molecule has 15 heteroatoms. The quantitative estimate of drug-likeness (QED) is 0.137. The Bertz CT molecular complexity index is 2340. The predicted octanol–water partition coefficient (Wildman–Crippen LogP) is 4.10. The number of benzene rings is 3. The molecule has 4 fully saturated rings. The largest absolute Gasteiger partial charge is 0.332 e. The van der Waals surface area contributed by atoms with E-state index < -0.39 is 57.2 Å². The Kier molecular flexibility index (Phi) is 8.30. The standard InChI is InChI=1S/C41H44N8O6S/c1-25-35(50)47-32(37(52)45(25)3)22-40(29-16-8-7-13-27(29)21-34(40)47)24-41-23-33-38(53)46(20-12-11-19-43-44-42)26(2)36(51)48(33)39(41)49(31-18-10-9-17-30(31)41)56(54,55)28-14-5-4-6-15-28/h4-10,13-18,25-26,32-34,39H,11-12,19-24H2,1-3H3/t25-,26-,32-,33-,34-,39-,40-,41-/m0/s1. The number of unbranched alkanes of at least 4 members (excludes halogenated alkanes) is 1. The third kappa shape index (κ3) is 4.79. The molecule has 3 aromatic carbocycles. The summed E-state index contributed by atoms with van der Waals surface area (Å²) in [5.41, 5.74) is 10.1. The fourth-order valence-corrected chi connectivity index (χ4v) is 13.0. The second kappa shape index (κ2) is 12.8. The number of para-hydroxylation sites is 1. The molecular weight excluding hydrogens is 733 g/mol. The second-order valence-electron chi connectivity index (χ2n) is 16.3. The maximum absolute atomic E-state index is 15.1. The summed E-state index contributed by atoms with van der Waals surface area (Å²) in [6.07, 6.45) is 1.27. The zero-order valence-electron chi connectivity index (χ0n) is 31.6. The van der Waals surface area contributed by atoms with Crippen molar-refractivity contribution in [2.24, 2.45) is 5.11 Å². The van der Waals surface area contributed by atoms with Crippen LogP contribution in [0.4, 0.5) is 5.69 Å². The van der Waals surface area contributed by atoms with Crippen molar-refractivity contribution < 1.29 is 27.6 Å². The number of amides is 4. The summed E-state index contributed by atoms with van der Waals surface area (Å²) in [6, 6.07) is 20.0. The first-order chi connectivity index (χ1) is 26.9. The van der Waals surface area contributed by atoms with Crippen molar-refractivity contribution in [1.82, 2.24) is 19.6 Å². The summed E-state index contributed by atoms with van der Waals surface area (Å²) in [5, 5.41) is 3.61. The van der Waals surface area contributed by atoms with Gasteiger partial charge in [0.25, 0.3) is 10.0 Å². The van der Waals surface area contributed by atoms with Crippen LogP contribution in [0.25, 0.3) is 10.4 Å². The van der Waals surface area contributed by atoms with Gasteiger partial charge in [-0.15, -0.1) is 0 Å². The van der Waals surface area contributed by atoms with Gasteiger partial charge in [-0.3, -0.25) is 19.2 Å². The molecule has 0 unspecified atom stereocenters. The van der Waals surface area contributed by atoms with Crippen LogP contribution in [0.5, 0.6) is 0 Å². The van der Waals surface area contributed by atoms with Gasteiger partial charge in [-0.2, -0.15) is 0 Å². The van der Waals surface area contributed by atoms with Gasteiger partial charge >= 0.3 is 0 Å². The molecule has 0 aromatic heterocycles. The van der Waals surface area contributed by atoms with E-state index in [4.69, 9.17) is 5.53 Å². The zero-order chi connectivity index (χ0) is 39.3. The highest BCUT2D eigenvalue weighted by molar-refractivity contribution is 7.92. The van der Waals surface area contributed by atoms with Crippen molar-refractivity contribution in [3.8, 4) is 0 Å². The Morgan fingerprint density at radius 1 is 0.768 bits per heavy atom. The average Bonchev–Trinajstić information content (AvgIpc) is 3.89. The van der Waals surface area contributed by atoms with Gasteiger partial charge in [0.15, 0.2) is 0 Å². The number of azide groups is 1. The van der Waals surface area contributed by atoms with Crippen LogP contribution in [0.1, 0.15) is 62.6 Å². The zero-order valence-corrected chi connectivity index (χ0v) is 32.4. The summed E-state index contributed by atoms with van der Waals surface area (Å²) in [4.78, 5) is 67.4. The molecule has 1 aliphatic carbocycles. The Hall–Kier alpha value is -5.40. The van der Waals surface area contributed by atoms with Gasteiger partial charge < -0.3 is 19.6 Å². The van der Waals surface area contributed by atoms with Crippen LogP contribution in [0.3, 0.4) is 0 Å². The summed E-state index contributed by atoms with van der Waals surface area (Å²) < 4.78 is 31.6. The summed E-state index contributed by atoms with van der Waals surface area (Å²) in [6.45, 7) is 3.99. The maximum Gasteiger partial charge on any atom is 0.266 e. The number of anilines is 1. The minimum absolute atomic E-state index is 0.0630. The minimum atomic E-state index is -4.31. The number of rotatable bonds is 9. The maximum atomic E-state index is 15.1. The van der Waals surface area contributed by atoms with E-state index in [-0.39, 0.29) is 48.0 Å². The predicted molar refractivity (Wildman–Crippen MR) is 205 cm³/mol. The molecule has 6 aliphatic rings. The first-order valence-corrected chi connectivity index (χ1v) is 20.8. The van der Waals surface area contributed by atoms with Gasteiger partial charge in [-0.1, -0.05) is 65.8 Å². The molecule has 0 spiro atoms. The number of nitrogens with zero attached hydrogens (tertiary/aromatic N) is 8. The van der Waals surface area contributed by atoms with Crippen LogP contribution in [0.15, 0.2) is 88.9 Å². The van der Waals surface area contributed by atoms with Crippen molar-refractivity contribution in [3.63, 3.8) is 0 Å². The van der Waals surface area contributed by atoms with Gasteiger partial charge in [0.2, 0.25) is 23.6 Å². The van der Waals surface area contributed by atoms with E-state index >= 15 is 8.42 Å². The molecule has 56 heavy (non-hydrogen) atoms. The summed E-state index contributed by atoms with van der Waals surface area (Å²) in [5.74, 6) is -0.848. The van der Waals surface area contributed by atoms with Crippen LogP contribution < -0.4 is 4.31 Å². The van der Waals surface area contributed by atoms with Gasteiger partial charge in [0.05, 0.1) is 10.6 Å². The third-order valence-electron chi connectivity index (χ3n) is 13.8. The lowest BCUT2D eigenvalue weighted by atomic mass is 9.62. The Morgan fingerprint density at radius 2 is 1.41 bits per heavy atom. The molecule has 0 saturated carbocycles. The molecule has 5 aliphatic heterocycles. The van der Waals surface area contributed by atoms with Crippen molar-refractivity contribution in [2.45, 2.75) is 104 Å². The number of carbonyl (C=O) groups is 4. The molecule has 3 aromatic rings. The van der Waals surface area contributed by atoms with E-state index in [1.165, 1.54) is 9.21 Å². The highest BCUT2D eigenvalue weighted by Gasteiger charge is 2.72. The molecule has 8 atom stereocenters. The van der Waals surface area contributed by atoms with E-state index in [2.05, 4.69) is 22.2 Å². The van der Waals surface area contributed by atoms with Crippen molar-refractivity contribution in [1.29, 1.82) is 0 Å². The fourth-order valence-electron chi connectivity index (χ4n) is 11.2. The average molecular weight is 777 g/mol. The highest BCUT2D eigenvalue weighted by Crippen LogP contribution is 2.65. The summed E-state index contributed by atoms with van der Waals surface area (Å²) in [7, 11) is -2.64. The monoisotopic (exact) mass is 776 g/mol. The van der Waals surface area contributed by atoms with Gasteiger partial charge in [0, 0.05) is 41.9 Å². The lowest BCUT2D eigenvalue weighted by Gasteiger charge is -2.46. The van der Waals surface area contributed by atoms with E-state index in [1.54, 1.807) is 78.1 Å². The fraction of sp³-hybridized carbons (Fsp3) is 0.463. The lowest BCUT2D eigenvalue weighted by Crippen LogP contribution is -2.66. The van der Waals surface area contributed by atoms with Crippen LogP contribution in [0.2, 0.25) is 0 Å². The molecule has 0 N–H and O–H groups in total. The van der Waals surface area contributed by atoms with Gasteiger partial charge in [-0.25, -0.2) is 12.7 Å². The topological polar surface area (TPSA) is 167 Å². The number of hydrogen-bond donors (Lipinski definition) is 0. The molecule has 4 saturated heterocycles. The van der Waals surface area contributed by atoms with Crippen LogP contribution in [0, 0.1) is 0 Å². The Balaban J connectivity index is 1.24. The lowest BCUT2D eigenvalue weighted by molar-refractivity contribution is -0.160. The highest BCUT2D eigenvalue weighted by atomic mass is 32.2. The van der Waals surface area contributed by atoms with Crippen molar-refractivity contribution >= 4 is 39.3 Å². The SMILES string of the molecule is C[C@H]1C(=O)N2[C@H]3Cc4ccccc4[C@@]3(C[C@]34C[C@H]5C(=O)N(CCCCN=[N+]=[N-])[C@@H](C)C(=O)N5[C@H]3N(S(=O)(=O)c3ccccc3)c3ccccc34)C[C@H]2C(=O)N1C. The Labute approximate surface area is 325 Å². The normalized spacial score (nSPS) is 31.5. The molecule has 14 nitrogen and oxygen atoms in total. The molecule has 4 amide bonds. The van der Waals surface area contributed by atoms with E-state index in [0.29, 0.717) is 37.8 Å². The third-order valence-corrected chi connectivity index (χ3v) is 15.5. The molecule has 0 bridgehead atoms. The first-order valence-electron chi connectivity index (χ1n) is 19.4. The first kappa shape index (κ1) is 36.3. The van der Waals surface area contributed by atoms with E-state index in [0.717, 1.165) is 16.7 Å². The van der Waals surface area contributed by atoms with E-state index in [9.17, 15) is 19.2 Å². The van der Waals surface area contributed by atoms with Gasteiger partial charge in [-0.05, 0) is 92.8 Å². The smallest absolute Gasteiger partial charge is 0.266 e. The van der Waals surface area contributed by atoms with Crippen LogP contribution in [-0.2, 0) is 46.5 Å². The van der Waals surface area contributed by atoms with E-state index in [1.807, 2.05) is 24.3 Å². The number of hydrogen-bond acceptors (Lipinski definition) is 7. The number of likely N-dealkylation sites (N-methyl/N-ethyl adjacent to an activating group) is 1. The number of fused-ring (bicyclic) bond motifs is 10. The van der Waals surface area contributed by atoms with Crippen molar-refractivity contribution in [3.05, 3.63) is 106 Å². The molecule has 5 heterocycles. The Morgan fingerprint density at radius 3 is 2.16 bits per heavy atom. The summed E-state index contributed by atoms with van der Waals surface area (Å²) >= 11 is 0. The second-order valence-corrected chi connectivity index (χ2v) is 18.1. The number of piperazine rings is 2. The number of sulfonamides is 1. The minimum Gasteiger partial charge on any atom is -0.332 e.